The predicted octanol–water partition coefficient (Wildman–Crippen LogP) is 3.63. The van der Waals surface area contributed by atoms with E-state index in [0.717, 1.165) is 5.56 Å². The van der Waals surface area contributed by atoms with Gasteiger partial charge in [0.15, 0.2) is 0 Å². The van der Waals surface area contributed by atoms with Crippen LogP contribution in [0.1, 0.15) is 11.1 Å². The number of carbonyl (C=O) groups is 1. The first-order valence-electron chi connectivity index (χ1n) is 6.96. The monoisotopic (exact) mass is 329 g/mol. The van der Waals surface area contributed by atoms with Crippen molar-refractivity contribution < 1.29 is 14.3 Å². The van der Waals surface area contributed by atoms with Gasteiger partial charge in [0.25, 0.3) is 0 Å². The summed E-state index contributed by atoms with van der Waals surface area (Å²) in [6.07, 6.45) is -0.514. The second-order valence-corrected chi connectivity index (χ2v) is 4.97. The molecular weight excluding hydrogens is 314 g/mol. The highest BCUT2D eigenvalue weighted by atomic mass is 35.5. The number of amides is 1. The van der Waals surface area contributed by atoms with Gasteiger partial charge in [0.1, 0.15) is 12.4 Å². The molecule has 2 rings (SSSR count). The molecule has 0 saturated carbocycles. The van der Waals surface area contributed by atoms with Gasteiger partial charge >= 0.3 is 6.09 Å². The standard InChI is InChI=1S/C18H16ClNO3/c1-22-16-9-10-17(19)15(12-16)8-5-11-20-18(21)23-13-14-6-3-2-4-7-14/h2-4,6-7,9-10,12H,11,13H2,1H3,(H,20,21). The Balaban J connectivity index is 1.80. The molecule has 0 spiro atoms. The maximum Gasteiger partial charge on any atom is 0.408 e. The lowest BCUT2D eigenvalue weighted by Gasteiger charge is -2.04. The van der Waals surface area contributed by atoms with E-state index in [4.69, 9.17) is 21.1 Å². The summed E-state index contributed by atoms with van der Waals surface area (Å²) in [5, 5.41) is 3.09. The lowest BCUT2D eigenvalue weighted by atomic mass is 10.2. The lowest BCUT2D eigenvalue weighted by Crippen LogP contribution is -2.24. The number of benzene rings is 2. The van der Waals surface area contributed by atoms with Crippen LogP contribution in [0.15, 0.2) is 48.5 Å². The number of hydrogen-bond donors (Lipinski definition) is 1. The van der Waals surface area contributed by atoms with Gasteiger partial charge in [0.2, 0.25) is 0 Å². The zero-order valence-electron chi connectivity index (χ0n) is 12.6. The zero-order chi connectivity index (χ0) is 16.5. The van der Waals surface area contributed by atoms with Gasteiger partial charge in [-0.05, 0) is 23.8 Å². The molecule has 0 heterocycles. The van der Waals surface area contributed by atoms with Crippen molar-refractivity contribution in [1.82, 2.24) is 5.32 Å². The molecule has 4 nitrogen and oxygen atoms in total. The van der Waals surface area contributed by atoms with E-state index in [9.17, 15) is 4.79 Å². The minimum Gasteiger partial charge on any atom is -0.497 e. The zero-order valence-corrected chi connectivity index (χ0v) is 13.4. The van der Waals surface area contributed by atoms with E-state index >= 15 is 0 Å². The Bertz CT molecular complexity index is 720. The molecular formula is C18H16ClNO3. The fraction of sp³-hybridized carbons (Fsp3) is 0.167. The maximum atomic E-state index is 11.5. The van der Waals surface area contributed by atoms with Crippen LogP contribution in [-0.2, 0) is 11.3 Å². The van der Waals surface area contributed by atoms with Crippen LogP contribution in [-0.4, -0.2) is 19.7 Å². The molecule has 0 aromatic heterocycles. The van der Waals surface area contributed by atoms with Crippen molar-refractivity contribution in [2.45, 2.75) is 6.61 Å². The second kappa shape index (κ2) is 8.72. The van der Waals surface area contributed by atoms with Crippen LogP contribution in [0.5, 0.6) is 5.75 Å². The third kappa shape index (κ3) is 5.57. The minimum atomic E-state index is -0.514. The summed E-state index contributed by atoms with van der Waals surface area (Å²) in [6, 6.07) is 14.7. The van der Waals surface area contributed by atoms with Crippen molar-refractivity contribution in [2.24, 2.45) is 0 Å². The quantitative estimate of drug-likeness (QED) is 0.871. The molecule has 1 N–H and O–H groups in total. The summed E-state index contributed by atoms with van der Waals surface area (Å²) in [5.41, 5.74) is 1.57. The number of hydrogen-bond acceptors (Lipinski definition) is 3. The highest BCUT2D eigenvalue weighted by Crippen LogP contribution is 2.20. The summed E-state index contributed by atoms with van der Waals surface area (Å²) in [6.45, 7) is 0.392. The summed E-state index contributed by atoms with van der Waals surface area (Å²) >= 11 is 6.04. The normalized spacial score (nSPS) is 9.48. The molecule has 0 aliphatic rings. The largest absolute Gasteiger partial charge is 0.497 e. The van der Waals surface area contributed by atoms with Gasteiger partial charge < -0.3 is 14.8 Å². The van der Waals surface area contributed by atoms with Crippen LogP contribution in [0.2, 0.25) is 5.02 Å². The molecule has 5 heteroatoms. The van der Waals surface area contributed by atoms with Crippen LogP contribution in [0.4, 0.5) is 4.79 Å². The van der Waals surface area contributed by atoms with Crippen LogP contribution >= 0.6 is 11.6 Å². The third-order valence-corrected chi connectivity index (χ3v) is 3.26. The molecule has 0 saturated heterocycles. The number of carbonyl (C=O) groups excluding carboxylic acids is 1. The Morgan fingerprint density at radius 2 is 2.00 bits per heavy atom. The molecule has 0 fully saturated rings. The predicted molar refractivity (Wildman–Crippen MR) is 89.5 cm³/mol. The summed E-state index contributed by atoms with van der Waals surface area (Å²) < 4.78 is 10.2. The van der Waals surface area contributed by atoms with Crippen LogP contribution in [0, 0.1) is 11.8 Å². The van der Waals surface area contributed by atoms with E-state index in [-0.39, 0.29) is 13.2 Å². The second-order valence-electron chi connectivity index (χ2n) is 4.56. The number of halogens is 1. The minimum absolute atomic E-state index is 0.168. The van der Waals surface area contributed by atoms with Crippen LogP contribution < -0.4 is 10.1 Å². The smallest absolute Gasteiger partial charge is 0.408 e. The van der Waals surface area contributed by atoms with Gasteiger partial charge in [-0.25, -0.2) is 4.79 Å². The number of alkyl carbamates (subject to hydrolysis) is 1. The first-order chi connectivity index (χ1) is 11.2. The van der Waals surface area contributed by atoms with E-state index in [1.54, 1.807) is 25.3 Å². The number of nitrogens with one attached hydrogen (secondary N) is 1. The van der Waals surface area contributed by atoms with Gasteiger partial charge in [-0.1, -0.05) is 53.8 Å². The van der Waals surface area contributed by atoms with E-state index in [0.29, 0.717) is 16.3 Å². The molecule has 2 aromatic rings. The Labute approximate surface area is 140 Å². The summed E-state index contributed by atoms with van der Waals surface area (Å²) in [7, 11) is 1.57. The van der Waals surface area contributed by atoms with Gasteiger partial charge in [-0.15, -0.1) is 0 Å². The molecule has 0 atom stereocenters. The van der Waals surface area contributed by atoms with Crippen molar-refractivity contribution in [3.63, 3.8) is 0 Å². The van der Waals surface area contributed by atoms with Crippen molar-refractivity contribution in [1.29, 1.82) is 0 Å². The summed E-state index contributed by atoms with van der Waals surface area (Å²) in [4.78, 5) is 11.5. The van der Waals surface area contributed by atoms with Crippen molar-refractivity contribution >= 4 is 17.7 Å². The first-order valence-corrected chi connectivity index (χ1v) is 7.34. The average molecular weight is 330 g/mol. The first kappa shape index (κ1) is 16.7. The molecule has 0 unspecified atom stereocenters. The lowest BCUT2D eigenvalue weighted by molar-refractivity contribution is 0.141. The van der Waals surface area contributed by atoms with Gasteiger partial charge in [-0.2, -0.15) is 0 Å². The van der Waals surface area contributed by atoms with Gasteiger partial charge in [-0.3, -0.25) is 0 Å². The summed E-state index contributed by atoms with van der Waals surface area (Å²) in [5.74, 6) is 6.38. The van der Waals surface area contributed by atoms with Crippen molar-refractivity contribution in [2.75, 3.05) is 13.7 Å². The topological polar surface area (TPSA) is 47.6 Å². The van der Waals surface area contributed by atoms with E-state index < -0.39 is 6.09 Å². The number of ether oxygens (including phenoxy) is 2. The highest BCUT2D eigenvalue weighted by Gasteiger charge is 2.01. The Morgan fingerprint density at radius 1 is 1.22 bits per heavy atom. The Kier molecular flexibility index (Phi) is 6.34. The molecule has 0 bridgehead atoms. The highest BCUT2D eigenvalue weighted by molar-refractivity contribution is 6.31. The molecule has 0 aliphatic heterocycles. The average Bonchev–Trinajstić information content (AvgIpc) is 2.59. The Morgan fingerprint density at radius 3 is 2.74 bits per heavy atom. The third-order valence-electron chi connectivity index (χ3n) is 2.93. The van der Waals surface area contributed by atoms with E-state index in [2.05, 4.69) is 17.2 Å². The fourth-order valence-electron chi connectivity index (χ4n) is 1.76. The van der Waals surface area contributed by atoms with E-state index in [1.165, 1.54) is 0 Å². The van der Waals surface area contributed by atoms with Crippen molar-refractivity contribution in [3.8, 4) is 17.6 Å². The molecule has 1 amide bonds. The number of methoxy groups -OCH3 is 1. The molecule has 2 aromatic carbocycles. The van der Waals surface area contributed by atoms with Crippen LogP contribution in [0.3, 0.4) is 0 Å². The number of rotatable bonds is 4. The van der Waals surface area contributed by atoms with E-state index in [1.807, 2.05) is 30.3 Å². The van der Waals surface area contributed by atoms with Crippen molar-refractivity contribution in [3.05, 3.63) is 64.7 Å². The molecule has 23 heavy (non-hydrogen) atoms. The SMILES string of the molecule is COc1ccc(Cl)c(C#CCNC(=O)OCc2ccccc2)c1. The fourth-order valence-corrected chi connectivity index (χ4v) is 1.92. The van der Waals surface area contributed by atoms with Gasteiger partial charge in [0, 0.05) is 5.56 Å². The van der Waals surface area contributed by atoms with Crippen LogP contribution in [0.25, 0.3) is 0 Å². The Hall–Kier alpha value is -2.64. The maximum absolute atomic E-state index is 11.5. The van der Waals surface area contributed by atoms with Gasteiger partial charge in [0.05, 0.1) is 18.7 Å². The molecule has 0 radical (unpaired) electrons. The molecule has 118 valence electrons. The molecule has 0 aliphatic carbocycles.